The lowest BCUT2D eigenvalue weighted by molar-refractivity contribution is -0.139. The molecule has 1 aromatic rings. The number of piperidine rings is 2. The highest BCUT2D eigenvalue weighted by Crippen LogP contribution is 2.39. The summed E-state index contributed by atoms with van der Waals surface area (Å²) in [7, 11) is 3.77. The normalized spacial score (nSPS) is 25.6. The number of nitrogens with zero attached hydrogens (tertiary/aromatic N) is 4. The van der Waals surface area contributed by atoms with Crippen molar-refractivity contribution in [3.05, 3.63) is 18.2 Å². The monoisotopic (exact) mass is 334 g/mol. The Kier molecular flexibility index (Phi) is 5.56. The fourth-order valence-electron chi connectivity index (χ4n) is 4.23. The van der Waals surface area contributed by atoms with E-state index in [2.05, 4.69) is 26.4 Å². The zero-order valence-electron chi connectivity index (χ0n) is 15.0. The standard InChI is InChI=1S/C18H30N4O2/c1-20-11-8-19-16(20)13-21-9-3-6-18(14-21)7-5-17(23)22(15-18)10-4-12-24-2/h8,11H,3-7,9-10,12-15H2,1-2H3/t18-/m0/s1. The zero-order chi connectivity index (χ0) is 17.0. The van der Waals surface area contributed by atoms with E-state index in [0.29, 0.717) is 12.3 Å². The molecular weight excluding hydrogens is 304 g/mol. The Labute approximate surface area is 144 Å². The number of hydrogen-bond donors (Lipinski definition) is 0. The molecule has 3 rings (SSSR count). The van der Waals surface area contributed by atoms with Crippen molar-refractivity contribution in [1.82, 2.24) is 19.4 Å². The second kappa shape index (κ2) is 7.66. The summed E-state index contributed by atoms with van der Waals surface area (Å²) in [5.41, 5.74) is 0.268. The van der Waals surface area contributed by atoms with Crippen LogP contribution < -0.4 is 0 Å². The molecular formula is C18H30N4O2. The van der Waals surface area contributed by atoms with Gasteiger partial charge in [0.1, 0.15) is 5.82 Å². The first-order valence-electron chi connectivity index (χ1n) is 9.07. The minimum Gasteiger partial charge on any atom is -0.385 e. The molecule has 2 aliphatic heterocycles. The van der Waals surface area contributed by atoms with Gasteiger partial charge in [-0.25, -0.2) is 4.98 Å². The van der Waals surface area contributed by atoms with Gasteiger partial charge in [0.05, 0.1) is 6.54 Å². The smallest absolute Gasteiger partial charge is 0.222 e. The van der Waals surface area contributed by atoms with Crippen molar-refractivity contribution in [1.29, 1.82) is 0 Å². The molecule has 0 radical (unpaired) electrons. The summed E-state index contributed by atoms with van der Waals surface area (Å²) >= 11 is 0. The van der Waals surface area contributed by atoms with Crippen LogP contribution >= 0.6 is 0 Å². The van der Waals surface area contributed by atoms with Crippen molar-refractivity contribution in [2.75, 3.05) is 39.9 Å². The van der Waals surface area contributed by atoms with Crippen molar-refractivity contribution < 1.29 is 9.53 Å². The molecule has 1 aromatic heterocycles. The highest BCUT2D eigenvalue weighted by atomic mass is 16.5. The lowest BCUT2D eigenvalue weighted by Crippen LogP contribution is -2.54. The van der Waals surface area contributed by atoms with Crippen molar-refractivity contribution in [3.63, 3.8) is 0 Å². The molecule has 1 spiro atoms. The van der Waals surface area contributed by atoms with E-state index >= 15 is 0 Å². The minimum atomic E-state index is 0.268. The first-order chi connectivity index (χ1) is 11.6. The van der Waals surface area contributed by atoms with E-state index in [4.69, 9.17) is 4.74 Å². The Hall–Kier alpha value is -1.40. The summed E-state index contributed by atoms with van der Waals surface area (Å²) < 4.78 is 7.24. The van der Waals surface area contributed by atoms with Gasteiger partial charge in [0.2, 0.25) is 5.91 Å². The van der Waals surface area contributed by atoms with Crippen molar-refractivity contribution in [2.24, 2.45) is 12.5 Å². The Morgan fingerprint density at radius 1 is 1.33 bits per heavy atom. The van der Waals surface area contributed by atoms with Gasteiger partial charge in [-0.15, -0.1) is 0 Å². The number of amides is 1. The molecule has 134 valence electrons. The second-order valence-corrected chi connectivity index (χ2v) is 7.43. The van der Waals surface area contributed by atoms with Gasteiger partial charge in [-0.2, -0.15) is 0 Å². The number of hydrogen-bond acceptors (Lipinski definition) is 4. The Morgan fingerprint density at radius 2 is 2.21 bits per heavy atom. The van der Waals surface area contributed by atoms with E-state index in [1.807, 2.05) is 12.4 Å². The van der Waals surface area contributed by atoms with Gasteiger partial charge < -0.3 is 14.2 Å². The van der Waals surface area contributed by atoms with Crippen LogP contribution in [-0.4, -0.2) is 65.2 Å². The molecule has 0 bridgehead atoms. The van der Waals surface area contributed by atoms with E-state index in [1.54, 1.807) is 7.11 Å². The van der Waals surface area contributed by atoms with Crippen LogP contribution in [0, 0.1) is 5.41 Å². The van der Waals surface area contributed by atoms with E-state index in [1.165, 1.54) is 12.8 Å². The van der Waals surface area contributed by atoms with Crippen LogP contribution in [0.2, 0.25) is 0 Å². The van der Waals surface area contributed by atoms with Gasteiger partial charge in [0.15, 0.2) is 0 Å². The highest BCUT2D eigenvalue weighted by molar-refractivity contribution is 5.77. The maximum absolute atomic E-state index is 12.3. The molecule has 6 nitrogen and oxygen atoms in total. The van der Waals surface area contributed by atoms with Crippen LogP contribution in [0.3, 0.4) is 0 Å². The average Bonchev–Trinajstić information content (AvgIpc) is 2.97. The third kappa shape index (κ3) is 3.98. The fourth-order valence-corrected chi connectivity index (χ4v) is 4.23. The number of carbonyl (C=O) groups is 1. The number of methoxy groups -OCH3 is 1. The summed E-state index contributed by atoms with van der Waals surface area (Å²) in [4.78, 5) is 21.3. The molecule has 3 heterocycles. The maximum Gasteiger partial charge on any atom is 0.222 e. The van der Waals surface area contributed by atoms with Gasteiger partial charge in [-0.1, -0.05) is 0 Å². The molecule has 6 heteroatoms. The number of likely N-dealkylation sites (tertiary alicyclic amines) is 2. The van der Waals surface area contributed by atoms with Crippen molar-refractivity contribution >= 4 is 5.91 Å². The van der Waals surface area contributed by atoms with Gasteiger partial charge in [0.25, 0.3) is 0 Å². The van der Waals surface area contributed by atoms with Gasteiger partial charge >= 0.3 is 0 Å². The third-order valence-electron chi connectivity index (χ3n) is 5.55. The summed E-state index contributed by atoms with van der Waals surface area (Å²) in [6.07, 6.45) is 8.97. The molecule has 0 aliphatic carbocycles. The van der Waals surface area contributed by atoms with Crippen LogP contribution in [-0.2, 0) is 23.1 Å². The number of carbonyl (C=O) groups excluding carboxylic acids is 1. The molecule has 0 N–H and O–H groups in total. The third-order valence-corrected chi connectivity index (χ3v) is 5.55. The highest BCUT2D eigenvalue weighted by Gasteiger charge is 2.41. The van der Waals surface area contributed by atoms with E-state index in [9.17, 15) is 4.79 Å². The Balaban J connectivity index is 1.61. The van der Waals surface area contributed by atoms with Crippen molar-refractivity contribution in [3.8, 4) is 0 Å². The van der Waals surface area contributed by atoms with Crippen LogP contribution in [0.1, 0.15) is 37.9 Å². The van der Waals surface area contributed by atoms with Gasteiger partial charge in [0, 0.05) is 64.6 Å². The summed E-state index contributed by atoms with van der Waals surface area (Å²) in [6, 6.07) is 0. The molecule has 2 saturated heterocycles. The van der Waals surface area contributed by atoms with Crippen molar-refractivity contribution in [2.45, 2.75) is 38.6 Å². The quantitative estimate of drug-likeness (QED) is 0.743. The fraction of sp³-hybridized carbons (Fsp3) is 0.778. The zero-order valence-corrected chi connectivity index (χ0v) is 15.0. The molecule has 2 aliphatic rings. The summed E-state index contributed by atoms with van der Waals surface area (Å²) in [5, 5.41) is 0. The largest absolute Gasteiger partial charge is 0.385 e. The molecule has 2 fully saturated rings. The van der Waals surface area contributed by atoms with Crippen LogP contribution in [0.5, 0.6) is 0 Å². The number of imidazole rings is 1. The van der Waals surface area contributed by atoms with Crippen LogP contribution in [0.25, 0.3) is 0 Å². The lowest BCUT2D eigenvalue weighted by Gasteiger charge is -2.48. The molecule has 0 aromatic carbocycles. The number of aryl methyl sites for hydroxylation is 1. The topological polar surface area (TPSA) is 50.6 Å². The predicted octanol–water partition coefficient (Wildman–Crippen LogP) is 1.66. The predicted molar refractivity (Wildman–Crippen MR) is 92.5 cm³/mol. The Bertz CT molecular complexity index is 559. The van der Waals surface area contributed by atoms with E-state index < -0.39 is 0 Å². The van der Waals surface area contributed by atoms with Crippen LogP contribution in [0.15, 0.2) is 12.4 Å². The lowest BCUT2D eigenvalue weighted by atomic mass is 9.73. The first kappa shape index (κ1) is 17.4. The number of rotatable bonds is 6. The molecule has 1 atom stereocenters. The SMILES string of the molecule is COCCCN1C[C@@]2(CCCN(Cc3nccn3C)C2)CCC1=O. The summed E-state index contributed by atoms with van der Waals surface area (Å²) in [5.74, 6) is 1.44. The Morgan fingerprint density at radius 3 is 2.96 bits per heavy atom. The molecule has 0 unspecified atom stereocenters. The second-order valence-electron chi connectivity index (χ2n) is 7.43. The van der Waals surface area contributed by atoms with Gasteiger partial charge in [-0.3, -0.25) is 9.69 Å². The molecule has 24 heavy (non-hydrogen) atoms. The van der Waals surface area contributed by atoms with E-state index in [0.717, 1.165) is 58.0 Å². The first-order valence-corrected chi connectivity index (χ1v) is 9.07. The molecule has 1 amide bonds. The van der Waals surface area contributed by atoms with Gasteiger partial charge in [-0.05, 0) is 32.2 Å². The average molecular weight is 334 g/mol. The van der Waals surface area contributed by atoms with E-state index in [-0.39, 0.29) is 5.41 Å². The minimum absolute atomic E-state index is 0.268. The maximum atomic E-state index is 12.3. The number of aromatic nitrogens is 2. The van der Waals surface area contributed by atoms with Crippen LogP contribution in [0.4, 0.5) is 0 Å². The molecule has 0 saturated carbocycles. The number of ether oxygens (including phenoxy) is 1. The summed E-state index contributed by atoms with van der Waals surface area (Å²) in [6.45, 7) is 5.57.